The predicted octanol–water partition coefficient (Wildman–Crippen LogP) is 3.44. The summed E-state index contributed by atoms with van der Waals surface area (Å²) in [5.41, 5.74) is 1.88. The molecular formula is C16H16INO3S. The van der Waals surface area contributed by atoms with Gasteiger partial charge in [-0.25, -0.2) is 8.42 Å². The lowest BCUT2D eigenvalue weighted by molar-refractivity contribution is 0.411. The fourth-order valence-corrected chi connectivity index (χ4v) is 5.20. The summed E-state index contributed by atoms with van der Waals surface area (Å²) in [5, 5.41) is 0. The van der Waals surface area contributed by atoms with Crippen LogP contribution in [-0.4, -0.2) is 22.1 Å². The molecule has 0 N–H and O–H groups in total. The maximum absolute atomic E-state index is 13.0. The van der Waals surface area contributed by atoms with E-state index in [4.69, 9.17) is 4.74 Å². The van der Waals surface area contributed by atoms with Gasteiger partial charge < -0.3 is 4.74 Å². The van der Waals surface area contributed by atoms with Crippen molar-refractivity contribution >= 4 is 38.3 Å². The van der Waals surface area contributed by atoms with Crippen LogP contribution in [0.1, 0.15) is 12.0 Å². The molecule has 2 aromatic rings. The number of halogens is 1. The van der Waals surface area contributed by atoms with E-state index in [0.717, 1.165) is 27.7 Å². The van der Waals surface area contributed by atoms with Gasteiger partial charge in [0.1, 0.15) is 5.75 Å². The van der Waals surface area contributed by atoms with Crippen molar-refractivity contribution in [3.05, 3.63) is 51.6 Å². The van der Waals surface area contributed by atoms with Gasteiger partial charge in [0.15, 0.2) is 0 Å². The molecule has 6 heteroatoms. The summed E-state index contributed by atoms with van der Waals surface area (Å²) in [4.78, 5) is 0.300. The minimum atomic E-state index is -3.55. The molecule has 0 aromatic heterocycles. The smallest absolute Gasteiger partial charge is 0.264 e. The van der Waals surface area contributed by atoms with Gasteiger partial charge in [0.05, 0.1) is 21.3 Å². The van der Waals surface area contributed by atoms with Gasteiger partial charge in [0, 0.05) is 6.54 Å². The Labute approximate surface area is 144 Å². The van der Waals surface area contributed by atoms with Crippen LogP contribution in [0.2, 0.25) is 0 Å². The monoisotopic (exact) mass is 429 g/mol. The molecule has 0 amide bonds. The molecule has 0 saturated heterocycles. The second kappa shape index (κ2) is 6.08. The van der Waals surface area contributed by atoms with Gasteiger partial charge in [-0.2, -0.15) is 0 Å². The van der Waals surface area contributed by atoms with E-state index in [2.05, 4.69) is 22.6 Å². The van der Waals surface area contributed by atoms with Gasteiger partial charge in [-0.1, -0.05) is 18.2 Å². The van der Waals surface area contributed by atoms with Crippen molar-refractivity contribution in [2.24, 2.45) is 0 Å². The maximum Gasteiger partial charge on any atom is 0.264 e. The highest BCUT2D eigenvalue weighted by Gasteiger charge is 2.29. The van der Waals surface area contributed by atoms with Gasteiger partial charge in [-0.3, -0.25) is 4.31 Å². The van der Waals surface area contributed by atoms with Crippen molar-refractivity contribution in [1.82, 2.24) is 0 Å². The number of benzene rings is 2. The molecule has 0 aliphatic carbocycles. The zero-order valence-corrected chi connectivity index (χ0v) is 15.1. The van der Waals surface area contributed by atoms with Crippen LogP contribution in [0.3, 0.4) is 0 Å². The average Bonchev–Trinajstić information content (AvgIpc) is 2.54. The molecule has 0 spiro atoms. The zero-order valence-electron chi connectivity index (χ0n) is 12.1. The molecule has 0 radical (unpaired) electrons. The van der Waals surface area contributed by atoms with E-state index in [0.29, 0.717) is 17.2 Å². The lowest BCUT2D eigenvalue weighted by atomic mass is 10.0. The highest BCUT2D eigenvalue weighted by Crippen LogP contribution is 2.33. The Hall–Kier alpha value is -1.28. The van der Waals surface area contributed by atoms with Crippen molar-refractivity contribution in [2.75, 3.05) is 18.0 Å². The SMILES string of the molecule is COc1ccc(S(=O)(=O)N2CCCc3ccccc32)cc1I. The van der Waals surface area contributed by atoms with E-state index < -0.39 is 10.0 Å². The van der Waals surface area contributed by atoms with Crippen LogP contribution in [0.5, 0.6) is 5.75 Å². The van der Waals surface area contributed by atoms with E-state index in [-0.39, 0.29) is 0 Å². The molecular weight excluding hydrogens is 413 g/mol. The third kappa shape index (κ3) is 2.69. The molecule has 1 aliphatic heterocycles. The molecule has 0 atom stereocenters. The van der Waals surface area contributed by atoms with Crippen molar-refractivity contribution in [2.45, 2.75) is 17.7 Å². The number of ether oxygens (including phenoxy) is 1. The predicted molar refractivity (Wildman–Crippen MR) is 95.0 cm³/mol. The molecule has 0 saturated carbocycles. The van der Waals surface area contributed by atoms with Crippen LogP contribution in [0.15, 0.2) is 47.4 Å². The van der Waals surface area contributed by atoms with Crippen LogP contribution in [0.25, 0.3) is 0 Å². The molecule has 4 nitrogen and oxygen atoms in total. The lowest BCUT2D eigenvalue weighted by Gasteiger charge is -2.30. The topological polar surface area (TPSA) is 46.6 Å². The fraction of sp³-hybridized carbons (Fsp3) is 0.250. The number of para-hydroxylation sites is 1. The van der Waals surface area contributed by atoms with E-state index >= 15 is 0 Å². The first-order valence-corrected chi connectivity index (χ1v) is 9.50. The van der Waals surface area contributed by atoms with Crippen LogP contribution in [-0.2, 0) is 16.4 Å². The van der Waals surface area contributed by atoms with Crippen LogP contribution < -0.4 is 9.04 Å². The summed E-state index contributed by atoms with van der Waals surface area (Å²) >= 11 is 2.09. The first-order valence-electron chi connectivity index (χ1n) is 6.98. The molecule has 3 rings (SSSR count). The first-order chi connectivity index (χ1) is 10.5. The Balaban J connectivity index is 2.06. The van der Waals surface area contributed by atoms with Crippen LogP contribution in [0.4, 0.5) is 5.69 Å². The Kier molecular flexibility index (Phi) is 4.31. The number of nitrogens with zero attached hydrogens (tertiary/aromatic N) is 1. The van der Waals surface area contributed by atoms with E-state index in [9.17, 15) is 8.42 Å². The summed E-state index contributed by atoms with van der Waals surface area (Å²) in [6.07, 6.45) is 1.76. The minimum Gasteiger partial charge on any atom is -0.496 e. The van der Waals surface area contributed by atoms with Crippen molar-refractivity contribution in [3.8, 4) is 5.75 Å². The molecule has 0 bridgehead atoms. The number of fused-ring (bicyclic) bond motifs is 1. The average molecular weight is 429 g/mol. The minimum absolute atomic E-state index is 0.300. The van der Waals surface area contributed by atoms with Gasteiger partial charge in [-0.05, 0) is 65.3 Å². The second-order valence-electron chi connectivity index (χ2n) is 5.11. The number of rotatable bonds is 3. The number of methoxy groups -OCH3 is 1. The summed E-state index contributed by atoms with van der Waals surface area (Å²) < 4.78 is 33.5. The summed E-state index contributed by atoms with van der Waals surface area (Å²) in [6.45, 7) is 0.516. The zero-order chi connectivity index (χ0) is 15.7. The Morgan fingerprint density at radius 2 is 1.95 bits per heavy atom. The van der Waals surface area contributed by atoms with Gasteiger partial charge in [-0.15, -0.1) is 0 Å². The largest absolute Gasteiger partial charge is 0.496 e. The van der Waals surface area contributed by atoms with Crippen molar-refractivity contribution in [3.63, 3.8) is 0 Å². The molecule has 0 unspecified atom stereocenters. The van der Waals surface area contributed by atoms with E-state index in [1.807, 2.05) is 24.3 Å². The highest BCUT2D eigenvalue weighted by molar-refractivity contribution is 14.1. The van der Waals surface area contributed by atoms with Crippen molar-refractivity contribution < 1.29 is 13.2 Å². The number of hydrogen-bond acceptors (Lipinski definition) is 3. The van der Waals surface area contributed by atoms with Crippen LogP contribution >= 0.6 is 22.6 Å². The molecule has 1 aliphatic rings. The van der Waals surface area contributed by atoms with Gasteiger partial charge >= 0.3 is 0 Å². The van der Waals surface area contributed by atoms with Crippen LogP contribution in [0, 0.1) is 3.57 Å². The first kappa shape index (κ1) is 15.6. The Bertz CT molecular complexity index is 805. The normalized spacial score (nSPS) is 14.5. The Morgan fingerprint density at radius 1 is 1.18 bits per heavy atom. The summed E-state index contributed by atoms with van der Waals surface area (Å²) in [5.74, 6) is 0.679. The summed E-state index contributed by atoms with van der Waals surface area (Å²) in [7, 11) is -1.97. The van der Waals surface area contributed by atoms with Crippen molar-refractivity contribution in [1.29, 1.82) is 0 Å². The highest BCUT2D eigenvalue weighted by atomic mass is 127. The van der Waals surface area contributed by atoms with Gasteiger partial charge in [0.25, 0.3) is 10.0 Å². The molecule has 2 aromatic carbocycles. The quantitative estimate of drug-likeness (QED) is 0.703. The maximum atomic E-state index is 13.0. The molecule has 116 valence electrons. The fourth-order valence-electron chi connectivity index (χ4n) is 2.68. The number of aryl methyl sites for hydroxylation is 1. The second-order valence-corrected chi connectivity index (χ2v) is 8.13. The van der Waals surface area contributed by atoms with E-state index in [1.54, 1.807) is 25.3 Å². The van der Waals surface area contributed by atoms with Gasteiger partial charge in [0.2, 0.25) is 0 Å². The van der Waals surface area contributed by atoms with E-state index in [1.165, 1.54) is 4.31 Å². The third-order valence-corrected chi connectivity index (χ3v) is 6.43. The summed E-state index contributed by atoms with van der Waals surface area (Å²) in [6, 6.07) is 12.7. The molecule has 0 fully saturated rings. The number of hydrogen-bond donors (Lipinski definition) is 0. The number of sulfonamides is 1. The standard InChI is InChI=1S/C16H16INO3S/c1-21-16-9-8-13(11-14(16)17)22(19,20)18-10-4-6-12-5-2-3-7-15(12)18/h2-3,5,7-9,11H,4,6,10H2,1H3. The number of anilines is 1. The lowest BCUT2D eigenvalue weighted by Crippen LogP contribution is -2.35. The Morgan fingerprint density at radius 3 is 2.68 bits per heavy atom. The third-order valence-electron chi connectivity index (χ3n) is 3.78. The molecule has 22 heavy (non-hydrogen) atoms. The molecule has 1 heterocycles.